The number of nitrogens with zero attached hydrogens (tertiary/aromatic N) is 1. The van der Waals surface area contributed by atoms with E-state index in [0.717, 1.165) is 25.9 Å². The van der Waals surface area contributed by atoms with Gasteiger partial charge in [-0.15, -0.1) is 0 Å². The Labute approximate surface area is 189 Å². The highest BCUT2D eigenvalue weighted by atomic mass is 32.2. The lowest BCUT2D eigenvalue weighted by Gasteiger charge is -2.18. The van der Waals surface area contributed by atoms with Crippen LogP contribution in [-0.2, 0) is 14.8 Å². The number of anilines is 1. The fraction of sp³-hybridized carbons (Fsp3) is 0.435. The molecule has 0 aromatic heterocycles. The molecule has 1 fully saturated rings. The Hall–Kier alpha value is -2.78. The first-order valence-corrected chi connectivity index (χ1v) is 12.5. The average molecular weight is 460 g/mol. The molecular weight excluding hydrogens is 430 g/mol. The Balaban J connectivity index is 1.20. The summed E-state index contributed by atoms with van der Waals surface area (Å²) in [7, 11) is -3.74. The van der Waals surface area contributed by atoms with Crippen molar-refractivity contribution in [3.05, 3.63) is 48.5 Å². The van der Waals surface area contributed by atoms with Crippen LogP contribution in [-0.4, -0.2) is 53.7 Å². The first-order chi connectivity index (χ1) is 15.5. The van der Waals surface area contributed by atoms with Crippen LogP contribution in [0.25, 0.3) is 0 Å². The van der Waals surface area contributed by atoms with Gasteiger partial charge in [-0.25, -0.2) is 13.1 Å². The molecule has 2 aliphatic heterocycles. The predicted molar refractivity (Wildman–Crippen MR) is 122 cm³/mol. The average Bonchev–Trinajstić information content (AvgIpc) is 3.15. The summed E-state index contributed by atoms with van der Waals surface area (Å²) in [6, 6.07) is 14.8. The van der Waals surface area contributed by atoms with E-state index in [1.807, 2.05) is 18.2 Å². The zero-order chi connectivity index (χ0) is 22.4. The lowest BCUT2D eigenvalue weighted by molar-refractivity contribution is -0.121. The Kier molecular flexibility index (Phi) is 7.16. The number of para-hydroxylation sites is 1. The molecule has 1 amide bonds. The van der Waals surface area contributed by atoms with Crippen LogP contribution in [0.4, 0.5) is 5.69 Å². The summed E-state index contributed by atoms with van der Waals surface area (Å²) in [5, 5.41) is 2.93. The van der Waals surface area contributed by atoms with E-state index in [1.54, 1.807) is 6.07 Å². The molecule has 0 radical (unpaired) electrons. The monoisotopic (exact) mass is 459 g/mol. The van der Waals surface area contributed by atoms with Gasteiger partial charge in [0, 0.05) is 50.8 Å². The van der Waals surface area contributed by atoms with Crippen molar-refractivity contribution in [2.24, 2.45) is 5.92 Å². The SMILES string of the molecule is O=C(CCNS(=O)(=O)c1ccc2c(c1)OCCCO2)NC[C@@H]1CCN(c2ccccc2)C1. The van der Waals surface area contributed by atoms with Crippen LogP contribution in [0.2, 0.25) is 0 Å². The van der Waals surface area contributed by atoms with Crippen molar-refractivity contribution in [2.75, 3.05) is 44.3 Å². The number of carbonyl (C=O) groups is 1. The van der Waals surface area contributed by atoms with Crippen LogP contribution in [0.15, 0.2) is 53.4 Å². The maximum atomic E-state index is 12.6. The Morgan fingerprint density at radius 3 is 2.66 bits per heavy atom. The zero-order valence-corrected chi connectivity index (χ0v) is 18.8. The molecule has 0 saturated carbocycles. The number of hydrogen-bond donors (Lipinski definition) is 2. The summed E-state index contributed by atoms with van der Waals surface area (Å²) in [6.45, 7) is 3.52. The minimum atomic E-state index is -3.74. The second-order valence-corrected chi connectivity index (χ2v) is 9.81. The van der Waals surface area contributed by atoms with Gasteiger partial charge in [-0.1, -0.05) is 18.2 Å². The highest BCUT2D eigenvalue weighted by Gasteiger charge is 2.23. The standard InChI is InChI=1S/C23H29N3O5S/c27-23(24-16-18-10-12-26(17-18)19-5-2-1-3-6-19)9-11-25-32(28,29)20-7-8-21-22(15-20)31-14-4-13-30-21/h1-3,5-8,15,18,25H,4,9-14,16-17H2,(H,24,27)/t18-/m0/s1. The van der Waals surface area contributed by atoms with Gasteiger partial charge in [0.05, 0.1) is 18.1 Å². The Morgan fingerprint density at radius 1 is 1.06 bits per heavy atom. The molecule has 1 atom stereocenters. The molecule has 172 valence electrons. The first kappa shape index (κ1) is 22.4. The third kappa shape index (κ3) is 5.72. The molecule has 2 heterocycles. The summed E-state index contributed by atoms with van der Waals surface area (Å²) < 4.78 is 38.7. The fourth-order valence-corrected chi connectivity index (χ4v) is 4.96. The third-order valence-corrected chi connectivity index (χ3v) is 7.13. The molecule has 0 aliphatic carbocycles. The van der Waals surface area contributed by atoms with E-state index in [-0.39, 0.29) is 23.8 Å². The molecule has 32 heavy (non-hydrogen) atoms. The van der Waals surface area contributed by atoms with Crippen LogP contribution in [0, 0.1) is 5.92 Å². The van der Waals surface area contributed by atoms with E-state index in [1.165, 1.54) is 17.8 Å². The molecular formula is C23H29N3O5S. The molecule has 0 bridgehead atoms. The number of rotatable bonds is 8. The quantitative estimate of drug-likeness (QED) is 0.628. The predicted octanol–water partition coefficient (Wildman–Crippen LogP) is 2.16. The van der Waals surface area contributed by atoms with Gasteiger partial charge in [0.25, 0.3) is 0 Å². The van der Waals surface area contributed by atoms with Gasteiger partial charge in [-0.2, -0.15) is 0 Å². The van der Waals surface area contributed by atoms with Crippen LogP contribution in [0.5, 0.6) is 11.5 Å². The van der Waals surface area contributed by atoms with Crippen LogP contribution in [0.3, 0.4) is 0 Å². The van der Waals surface area contributed by atoms with Crippen molar-refractivity contribution in [3.8, 4) is 11.5 Å². The summed E-state index contributed by atoms with van der Waals surface area (Å²) in [6.07, 6.45) is 1.85. The summed E-state index contributed by atoms with van der Waals surface area (Å²) in [4.78, 5) is 14.6. The first-order valence-electron chi connectivity index (χ1n) is 11.0. The van der Waals surface area contributed by atoms with E-state index < -0.39 is 10.0 Å². The van der Waals surface area contributed by atoms with Crippen molar-refractivity contribution in [1.82, 2.24) is 10.0 Å². The van der Waals surface area contributed by atoms with Gasteiger partial charge in [0.2, 0.25) is 15.9 Å². The van der Waals surface area contributed by atoms with Gasteiger partial charge in [-0.05, 0) is 36.6 Å². The third-order valence-electron chi connectivity index (χ3n) is 5.67. The summed E-state index contributed by atoms with van der Waals surface area (Å²) in [5.74, 6) is 1.19. The molecule has 1 saturated heterocycles. The Bertz CT molecular complexity index is 1030. The molecule has 4 rings (SSSR count). The van der Waals surface area contributed by atoms with Crippen molar-refractivity contribution in [1.29, 1.82) is 0 Å². The smallest absolute Gasteiger partial charge is 0.240 e. The minimum absolute atomic E-state index is 0.0312. The highest BCUT2D eigenvalue weighted by molar-refractivity contribution is 7.89. The number of sulfonamides is 1. The Morgan fingerprint density at radius 2 is 1.84 bits per heavy atom. The molecule has 0 unspecified atom stereocenters. The second kappa shape index (κ2) is 10.2. The minimum Gasteiger partial charge on any atom is -0.490 e. The van der Waals surface area contributed by atoms with Crippen molar-refractivity contribution >= 4 is 21.6 Å². The topological polar surface area (TPSA) is 97.0 Å². The normalized spacial score (nSPS) is 18.2. The van der Waals surface area contributed by atoms with Crippen molar-refractivity contribution in [3.63, 3.8) is 0 Å². The summed E-state index contributed by atoms with van der Waals surface area (Å²) >= 11 is 0. The second-order valence-electron chi connectivity index (χ2n) is 8.05. The fourth-order valence-electron chi connectivity index (χ4n) is 3.91. The lowest BCUT2D eigenvalue weighted by atomic mass is 10.1. The van der Waals surface area contributed by atoms with Crippen molar-refractivity contribution < 1.29 is 22.7 Å². The molecule has 2 aromatic rings. The van der Waals surface area contributed by atoms with Gasteiger partial charge in [0.15, 0.2) is 11.5 Å². The number of amides is 1. The van der Waals surface area contributed by atoms with Crippen molar-refractivity contribution in [2.45, 2.75) is 24.2 Å². The number of nitrogens with one attached hydrogen (secondary N) is 2. The van der Waals surface area contributed by atoms with Crippen LogP contribution < -0.4 is 24.4 Å². The zero-order valence-electron chi connectivity index (χ0n) is 18.0. The van der Waals surface area contributed by atoms with Gasteiger partial charge < -0.3 is 19.7 Å². The largest absolute Gasteiger partial charge is 0.490 e. The molecule has 2 aliphatic rings. The maximum Gasteiger partial charge on any atom is 0.240 e. The van der Waals surface area contributed by atoms with Crippen LogP contribution >= 0.6 is 0 Å². The van der Waals surface area contributed by atoms with E-state index in [2.05, 4.69) is 27.1 Å². The molecule has 8 nitrogen and oxygen atoms in total. The molecule has 0 spiro atoms. The van der Waals surface area contributed by atoms with Gasteiger partial charge in [0.1, 0.15) is 0 Å². The number of ether oxygens (including phenoxy) is 2. The molecule has 9 heteroatoms. The van der Waals surface area contributed by atoms with Gasteiger partial charge in [-0.3, -0.25) is 4.79 Å². The lowest BCUT2D eigenvalue weighted by Crippen LogP contribution is -2.34. The van der Waals surface area contributed by atoms with Gasteiger partial charge >= 0.3 is 0 Å². The molecule has 2 N–H and O–H groups in total. The van der Waals surface area contributed by atoms with E-state index in [0.29, 0.717) is 37.2 Å². The number of hydrogen-bond acceptors (Lipinski definition) is 6. The number of fused-ring (bicyclic) bond motifs is 1. The maximum absolute atomic E-state index is 12.6. The molecule has 2 aromatic carbocycles. The van der Waals surface area contributed by atoms with E-state index in [9.17, 15) is 13.2 Å². The van der Waals surface area contributed by atoms with E-state index in [4.69, 9.17) is 9.47 Å². The van der Waals surface area contributed by atoms with E-state index >= 15 is 0 Å². The van der Waals surface area contributed by atoms with Crippen LogP contribution in [0.1, 0.15) is 19.3 Å². The number of benzene rings is 2. The summed E-state index contributed by atoms with van der Waals surface area (Å²) in [5.41, 5.74) is 1.20. The highest BCUT2D eigenvalue weighted by Crippen LogP contribution is 2.31. The number of carbonyl (C=O) groups excluding carboxylic acids is 1.